The van der Waals surface area contributed by atoms with E-state index in [2.05, 4.69) is 15.9 Å². The second kappa shape index (κ2) is 4.12. The Morgan fingerprint density at radius 2 is 2.25 bits per heavy atom. The van der Waals surface area contributed by atoms with Crippen molar-refractivity contribution in [2.24, 2.45) is 5.73 Å². The highest BCUT2D eigenvalue weighted by Crippen LogP contribution is 2.32. The predicted molar refractivity (Wildman–Crippen MR) is 53.6 cm³/mol. The largest absolute Gasteiger partial charge is 0.496 e. The van der Waals surface area contributed by atoms with E-state index in [0.29, 0.717) is 11.6 Å². The van der Waals surface area contributed by atoms with Gasteiger partial charge in [0.05, 0.1) is 12.1 Å². The Labute approximate surface area is 84.8 Å². The van der Waals surface area contributed by atoms with E-state index >= 15 is 0 Å². The molecule has 66 valence electrons. The van der Waals surface area contributed by atoms with Gasteiger partial charge in [0.1, 0.15) is 5.75 Å². The Morgan fingerprint density at radius 3 is 2.75 bits per heavy atom. The summed E-state index contributed by atoms with van der Waals surface area (Å²) in [6.07, 6.45) is 0. The molecule has 12 heavy (non-hydrogen) atoms. The van der Waals surface area contributed by atoms with Crippen molar-refractivity contribution in [1.82, 2.24) is 0 Å². The van der Waals surface area contributed by atoms with Crippen LogP contribution in [0.25, 0.3) is 0 Å². The Balaban J connectivity index is 3.25. The molecule has 1 aromatic rings. The molecule has 0 aliphatic carbocycles. The SMILES string of the molecule is COc1ccc(Cl)c(Br)c1CN. The predicted octanol–water partition coefficient (Wildman–Crippen LogP) is 2.57. The molecule has 0 fully saturated rings. The normalized spacial score (nSPS) is 10.0. The van der Waals surface area contributed by atoms with Crippen LogP contribution >= 0.6 is 27.5 Å². The minimum Gasteiger partial charge on any atom is -0.496 e. The molecule has 2 N–H and O–H groups in total. The first-order valence-electron chi connectivity index (χ1n) is 3.41. The Morgan fingerprint density at radius 1 is 1.58 bits per heavy atom. The van der Waals surface area contributed by atoms with Crippen molar-refractivity contribution in [3.8, 4) is 5.75 Å². The van der Waals surface area contributed by atoms with Crippen molar-refractivity contribution < 1.29 is 4.74 Å². The van der Waals surface area contributed by atoms with E-state index in [1.807, 2.05) is 0 Å². The first-order chi connectivity index (χ1) is 5.70. The zero-order valence-corrected chi connectivity index (χ0v) is 8.95. The number of halogens is 2. The van der Waals surface area contributed by atoms with Crippen molar-refractivity contribution >= 4 is 27.5 Å². The summed E-state index contributed by atoms with van der Waals surface area (Å²) in [6, 6.07) is 3.57. The fourth-order valence-electron chi connectivity index (χ4n) is 0.956. The van der Waals surface area contributed by atoms with Gasteiger partial charge in [0, 0.05) is 16.6 Å². The lowest BCUT2D eigenvalue weighted by Gasteiger charge is -2.09. The van der Waals surface area contributed by atoms with Gasteiger partial charge >= 0.3 is 0 Å². The molecular formula is C8H9BrClNO. The third-order valence-electron chi connectivity index (χ3n) is 1.58. The highest BCUT2D eigenvalue weighted by Gasteiger charge is 2.08. The lowest BCUT2D eigenvalue weighted by Crippen LogP contribution is -2.01. The smallest absolute Gasteiger partial charge is 0.124 e. The summed E-state index contributed by atoms with van der Waals surface area (Å²) in [6.45, 7) is 0.407. The number of nitrogens with two attached hydrogens (primary N) is 1. The number of hydrogen-bond acceptors (Lipinski definition) is 2. The monoisotopic (exact) mass is 249 g/mol. The van der Waals surface area contributed by atoms with E-state index in [-0.39, 0.29) is 0 Å². The number of benzene rings is 1. The van der Waals surface area contributed by atoms with Crippen LogP contribution in [0, 0.1) is 0 Å². The molecule has 0 saturated carbocycles. The molecule has 0 aliphatic rings. The highest BCUT2D eigenvalue weighted by atomic mass is 79.9. The van der Waals surface area contributed by atoms with Crippen molar-refractivity contribution in [2.45, 2.75) is 6.54 Å². The van der Waals surface area contributed by atoms with Gasteiger partial charge in [-0.25, -0.2) is 0 Å². The van der Waals surface area contributed by atoms with Crippen LogP contribution in [0.1, 0.15) is 5.56 Å². The second-order valence-electron chi connectivity index (χ2n) is 2.25. The van der Waals surface area contributed by atoms with E-state index in [1.54, 1.807) is 19.2 Å². The summed E-state index contributed by atoms with van der Waals surface area (Å²) < 4.78 is 5.91. The zero-order valence-electron chi connectivity index (χ0n) is 6.60. The lowest BCUT2D eigenvalue weighted by atomic mass is 10.2. The van der Waals surface area contributed by atoms with Crippen molar-refractivity contribution in [1.29, 1.82) is 0 Å². The summed E-state index contributed by atoms with van der Waals surface area (Å²) in [5.41, 5.74) is 6.42. The molecule has 1 rings (SSSR count). The summed E-state index contributed by atoms with van der Waals surface area (Å²) in [5.74, 6) is 0.758. The number of rotatable bonds is 2. The second-order valence-corrected chi connectivity index (χ2v) is 3.45. The minimum absolute atomic E-state index is 0.407. The van der Waals surface area contributed by atoms with Gasteiger partial charge in [0.25, 0.3) is 0 Å². The quantitative estimate of drug-likeness (QED) is 0.875. The minimum atomic E-state index is 0.407. The topological polar surface area (TPSA) is 35.2 Å². The van der Waals surface area contributed by atoms with Crippen LogP contribution in [0.4, 0.5) is 0 Å². The number of methoxy groups -OCH3 is 1. The maximum atomic E-state index is 5.86. The molecule has 0 unspecified atom stereocenters. The molecule has 0 bridgehead atoms. The van der Waals surface area contributed by atoms with Gasteiger partial charge in [-0.15, -0.1) is 0 Å². The molecular weight excluding hydrogens is 241 g/mol. The summed E-state index contributed by atoms with van der Waals surface area (Å²) in [5, 5.41) is 0.649. The number of ether oxygens (including phenoxy) is 1. The van der Waals surface area contributed by atoms with Crippen LogP contribution < -0.4 is 10.5 Å². The summed E-state index contributed by atoms with van der Waals surface area (Å²) in [4.78, 5) is 0. The Hall–Kier alpha value is -0.250. The summed E-state index contributed by atoms with van der Waals surface area (Å²) in [7, 11) is 1.61. The van der Waals surface area contributed by atoms with Gasteiger partial charge in [-0.1, -0.05) is 11.6 Å². The molecule has 2 nitrogen and oxygen atoms in total. The average Bonchev–Trinajstić information content (AvgIpc) is 2.09. The number of hydrogen-bond donors (Lipinski definition) is 1. The van der Waals surface area contributed by atoms with Gasteiger partial charge in [0.15, 0.2) is 0 Å². The molecule has 0 aliphatic heterocycles. The Kier molecular flexibility index (Phi) is 3.38. The van der Waals surface area contributed by atoms with Crippen molar-refractivity contribution in [2.75, 3.05) is 7.11 Å². The fourth-order valence-corrected chi connectivity index (χ4v) is 1.62. The third kappa shape index (κ3) is 1.73. The van der Waals surface area contributed by atoms with Gasteiger partial charge in [-0.2, -0.15) is 0 Å². The molecule has 0 amide bonds. The van der Waals surface area contributed by atoms with E-state index < -0.39 is 0 Å². The standard InChI is InChI=1S/C8H9BrClNO/c1-12-7-3-2-6(10)8(9)5(7)4-11/h2-3H,4,11H2,1H3. The van der Waals surface area contributed by atoms with Crippen LogP contribution in [0.5, 0.6) is 5.75 Å². The lowest BCUT2D eigenvalue weighted by molar-refractivity contribution is 0.409. The molecule has 0 heterocycles. The van der Waals surface area contributed by atoms with E-state index in [1.165, 1.54) is 0 Å². The maximum absolute atomic E-state index is 5.86. The van der Waals surface area contributed by atoms with Crippen LogP contribution in [-0.4, -0.2) is 7.11 Å². The van der Waals surface area contributed by atoms with Crippen LogP contribution in [0.15, 0.2) is 16.6 Å². The average molecular weight is 251 g/mol. The highest BCUT2D eigenvalue weighted by molar-refractivity contribution is 9.10. The molecule has 0 saturated heterocycles. The van der Waals surface area contributed by atoms with Gasteiger partial charge in [-0.3, -0.25) is 0 Å². The molecule has 0 atom stereocenters. The Bertz CT molecular complexity index is 291. The molecule has 0 spiro atoms. The zero-order chi connectivity index (χ0) is 9.14. The van der Waals surface area contributed by atoms with Crippen molar-refractivity contribution in [3.05, 3.63) is 27.2 Å². The van der Waals surface area contributed by atoms with Gasteiger partial charge in [0.2, 0.25) is 0 Å². The van der Waals surface area contributed by atoms with E-state index in [4.69, 9.17) is 22.1 Å². The van der Waals surface area contributed by atoms with E-state index in [9.17, 15) is 0 Å². The van der Waals surface area contributed by atoms with Gasteiger partial charge in [-0.05, 0) is 28.1 Å². The first kappa shape index (κ1) is 9.84. The third-order valence-corrected chi connectivity index (χ3v) is 3.03. The molecule has 4 heteroatoms. The van der Waals surface area contributed by atoms with Crippen LogP contribution in [0.2, 0.25) is 5.02 Å². The van der Waals surface area contributed by atoms with Crippen molar-refractivity contribution in [3.63, 3.8) is 0 Å². The molecule has 1 aromatic carbocycles. The molecule has 0 aromatic heterocycles. The maximum Gasteiger partial charge on any atom is 0.124 e. The van der Waals surface area contributed by atoms with Gasteiger partial charge < -0.3 is 10.5 Å². The fraction of sp³-hybridized carbons (Fsp3) is 0.250. The van der Waals surface area contributed by atoms with E-state index in [0.717, 1.165) is 15.8 Å². The first-order valence-corrected chi connectivity index (χ1v) is 4.58. The van der Waals surface area contributed by atoms with Crippen LogP contribution in [-0.2, 0) is 6.54 Å². The van der Waals surface area contributed by atoms with Crippen LogP contribution in [0.3, 0.4) is 0 Å². The molecule has 0 radical (unpaired) electrons. The summed E-state index contributed by atoms with van der Waals surface area (Å²) >= 11 is 9.20.